The summed E-state index contributed by atoms with van der Waals surface area (Å²) in [6, 6.07) is 1.01. The third-order valence-electron chi connectivity index (χ3n) is 5.66. The van der Waals surface area contributed by atoms with Crippen LogP contribution in [0, 0.1) is 12.7 Å². The molecule has 2 aromatic heterocycles. The van der Waals surface area contributed by atoms with Gasteiger partial charge in [0.15, 0.2) is 5.82 Å². The van der Waals surface area contributed by atoms with Crippen LogP contribution < -0.4 is 5.56 Å². The van der Waals surface area contributed by atoms with Crippen LogP contribution in [0.2, 0.25) is 0 Å². The zero-order valence-electron chi connectivity index (χ0n) is 18.2. The van der Waals surface area contributed by atoms with Crippen molar-refractivity contribution in [2.75, 3.05) is 0 Å². The number of benzene rings is 1. The molecule has 13 heteroatoms. The summed E-state index contributed by atoms with van der Waals surface area (Å²) in [7, 11) is 0. The second-order valence-corrected chi connectivity index (χ2v) is 8.26. The lowest BCUT2D eigenvalue weighted by Crippen LogP contribution is -2.50. The van der Waals surface area contributed by atoms with Gasteiger partial charge in [-0.1, -0.05) is 0 Å². The van der Waals surface area contributed by atoms with Gasteiger partial charge in [0.25, 0.3) is 11.5 Å². The summed E-state index contributed by atoms with van der Waals surface area (Å²) < 4.78 is 96.4. The fourth-order valence-corrected chi connectivity index (χ4v) is 3.98. The Morgan fingerprint density at radius 2 is 1.60 bits per heavy atom. The minimum atomic E-state index is -5.05. The molecule has 186 valence electrons. The molecule has 1 amide bonds. The van der Waals surface area contributed by atoms with Crippen molar-refractivity contribution in [2.45, 2.75) is 45.3 Å². The van der Waals surface area contributed by atoms with Crippen LogP contribution in [0.3, 0.4) is 0 Å². The lowest BCUT2D eigenvalue weighted by Gasteiger charge is -2.36. The van der Waals surface area contributed by atoms with E-state index >= 15 is 0 Å². The highest BCUT2D eigenvalue weighted by Gasteiger charge is 2.38. The summed E-state index contributed by atoms with van der Waals surface area (Å²) in [5, 5.41) is 0. The number of aromatic nitrogens is 3. The number of amides is 1. The van der Waals surface area contributed by atoms with Crippen LogP contribution in [0.1, 0.15) is 39.8 Å². The maximum Gasteiger partial charge on any atom is 0.416 e. The second-order valence-electron chi connectivity index (χ2n) is 8.26. The molecule has 1 aliphatic rings. The van der Waals surface area contributed by atoms with Crippen molar-refractivity contribution in [3.63, 3.8) is 0 Å². The molecule has 35 heavy (non-hydrogen) atoms. The van der Waals surface area contributed by atoms with Crippen LogP contribution in [0.25, 0.3) is 5.69 Å². The quantitative estimate of drug-likeness (QED) is 0.494. The van der Waals surface area contributed by atoms with Crippen LogP contribution in [0.5, 0.6) is 0 Å². The van der Waals surface area contributed by atoms with Gasteiger partial charge in [-0.15, -0.1) is 0 Å². The van der Waals surface area contributed by atoms with Crippen molar-refractivity contribution in [3.05, 3.63) is 81.0 Å². The number of fused-ring (bicyclic) bond motifs is 1. The molecule has 0 spiro atoms. The largest absolute Gasteiger partial charge is 0.416 e. The molecule has 1 aromatic carbocycles. The Labute approximate surface area is 193 Å². The minimum Gasteiger partial charge on any atom is -0.328 e. The summed E-state index contributed by atoms with van der Waals surface area (Å²) >= 11 is 0. The zero-order chi connectivity index (χ0) is 25.9. The summed E-state index contributed by atoms with van der Waals surface area (Å²) in [4.78, 5) is 31.0. The number of hydrogen-bond donors (Lipinski definition) is 0. The number of halogens is 7. The molecule has 3 aromatic rings. The van der Waals surface area contributed by atoms with Gasteiger partial charge in [-0.3, -0.25) is 14.2 Å². The third-order valence-corrected chi connectivity index (χ3v) is 5.66. The molecule has 1 aliphatic heterocycles. The Morgan fingerprint density at radius 1 is 1.00 bits per heavy atom. The Balaban J connectivity index is 1.75. The number of rotatable bonds is 3. The number of hydrogen-bond acceptors (Lipinski definition) is 3. The fourth-order valence-electron chi connectivity index (χ4n) is 3.98. The Kier molecular flexibility index (Phi) is 5.76. The summed E-state index contributed by atoms with van der Waals surface area (Å²) in [5.41, 5.74) is -4.36. The second kappa shape index (κ2) is 8.24. The molecule has 0 saturated heterocycles. The van der Waals surface area contributed by atoms with Gasteiger partial charge < -0.3 is 9.47 Å². The number of alkyl halides is 6. The molecule has 0 fully saturated rings. The summed E-state index contributed by atoms with van der Waals surface area (Å²) in [5.74, 6) is -2.09. The first-order chi connectivity index (χ1) is 16.2. The van der Waals surface area contributed by atoms with Crippen molar-refractivity contribution in [1.82, 2.24) is 19.0 Å². The van der Waals surface area contributed by atoms with Crippen LogP contribution in [0.15, 0.2) is 41.6 Å². The number of carbonyl (C=O) groups excluding carboxylic acids is 1. The van der Waals surface area contributed by atoms with E-state index in [9.17, 15) is 40.3 Å². The first-order valence-corrected chi connectivity index (χ1v) is 10.2. The molecule has 4 rings (SSSR count). The van der Waals surface area contributed by atoms with E-state index in [0.29, 0.717) is 17.8 Å². The van der Waals surface area contributed by atoms with Gasteiger partial charge in [0, 0.05) is 31.4 Å². The molecule has 0 aliphatic carbocycles. The lowest BCUT2D eigenvalue weighted by molar-refractivity contribution is -0.143. The van der Waals surface area contributed by atoms with E-state index in [4.69, 9.17) is 0 Å². The van der Waals surface area contributed by atoms with Crippen molar-refractivity contribution in [1.29, 1.82) is 0 Å². The molecule has 0 saturated carbocycles. The van der Waals surface area contributed by atoms with E-state index in [2.05, 4.69) is 4.98 Å². The van der Waals surface area contributed by atoms with Crippen molar-refractivity contribution < 1.29 is 35.5 Å². The Hall–Kier alpha value is -3.64. The molecule has 0 unspecified atom stereocenters. The van der Waals surface area contributed by atoms with E-state index in [1.54, 1.807) is 6.92 Å². The minimum absolute atomic E-state index is 0.0150. The predicted molar refractivity (Wildman–Crippen MR) is 108 cm³/mol. The van der Waals surface area contributed by atoms with Crippen molar-refractivity contribution in [3.8, 4) is 5.69 Å². The van der Waals surface area contributed by atoms with Crippen molar-refractivity contribution in [2.24, 2.45) is 0 Å². The van der Waals surface area contributed by atoms with Crippen LogP contribution in [-0.2, 0) is 25.4 Å². The monoisotopic (exact) mass is 502 g/mol. The normalized spacial score (nSPS) is 16.5. The molecular formula is C22H17F7N4O2. The molecule has 0 radical (unpaired) electrons. The van der Waals surface area contributed by atoms with Crippen LogP contribution >= 0.6 is 0 Å². The fraction of sp³-hybridized carbons (Fsp3) is 0.318. The number of nitrogens with zero attached hydrogens (tertiary/aromatic N) is 4. The lowest BCUT2D eigenvalue weighted by atomic mass is 10.0. The van der Waals surface area contributed by atoms with E-state index in [1.807, 2.05) is 0 Å². The smallest absolute Gasteiger partial charge is 0.328 e. The molecular weight excluding hydrogens is 485 g/mol. The third kappa shape index (κ3) is 4.54. The predicted octanol–water partition coefficient (Wildman–Crippen LogP) is 4.56. The topological polar surface area (TPSA) is 60.1 Å². The maximum atomic E-state index is 15.0. The summed E-state index contributed by atoms with van der Waals surface area (Å²) in [6.07, 6.45) is -7.33. The molecule has 0 bridgehead atoms. The molecule has 6 nitrogen and oxygen atoms in total. The van der Waals surface area contributed by atoms with Gasteiger partial charge >= 0.3 is 12.4 Å². The Bertz CT molecular complexity index is 1340. The van der Waals surface area contributed by atoms with Gasteiger partial charge in [-0.2, -0.15) is 26.3 Å². The highest BCUT2D eigenvalue weighted by atomic mass is 19.4. The van der Waals surface area contributed by atoms with Gasteiger partial charge in [-0.25, -0.2) is 9.37 Å². The summed E-state index contributed by atoms with van der Waals surface area (Å²) in [6.45, 7) is 2.24. The number of imidazole rings is 1. The zero-order valence-corrected chi connectivity index (χ0v) is 18.2. The molecule has 1 atom stereocenters. The van der Waals surface area contributed by atoms with E-state index < -0.39 is 64.6 Å². The average molecular weight is 502 g/mol. The number of carbonyl (C=O) groups is 1. The Morgan fingerprint density at radius 3 is 2.11 bits per heavy atom. The van der Waals surface area contributed by atoms with E-state index in [1.165, 1.54) is 24.0 Å². The average Bonchev–Trinajstić information content (AvgIpc) is 3.18. The van der Waals surface area contributed by atoms with Gasteiger partial charge in [0.05, 0.1) is 23.1 Å². The molecule has 0 N–H and O–H groups in total. The van der Waals surface area contributed by atoms with Gasteiger partial charge in [-0.05, 0) is 37.6 Å². The number of aryl methyl sites for hydroxylation is 1. The highest BCUT2D eigenvalue weighted by Crippen LogP contribution is 2.37. The standard InChI is InChI=1S/C22H17F7N4O2/c1-11-7-31(10-30-11)17-6-16(23)18-20(35)32(12(2)8-33(18)19(17)34)9-13-3-14(21(24,25)26)5-15(4-13)22(27,28)29/h3-7,10,12H,8-9H2,1-2H3/t12-/m1/s1. The highest BCUT2D eigenvalue weighted by molar-refractivity contribution is 5.94. The van der Waals surface area contributed by atoms with Crippen molar-refractivity contribution >= 4 is 5.91 Å². The van der Waals surface area contributed by atoms with Crippen LogP contribution in [0.4, 0.5) is 30.7 Å². The first kappa shape index (κ1) is 24.5. The number of pyridine rings is 1. The van der Waals surface area contributed by atoms with Gasteiger partial charge in [0.1, 0.15) is 11.4 Å². The first-order valence-electron chi connectivity index (χ1n) is 10.2. The van der Waals surface area contributed by atoms with E-state index in [0.717, 1.165) is 15.5 Å². The van der Waals surface area contributed by atoms with Gasteiger partial charge in [0.2, 0.25) is 0 Å². The molecule has 3 heterocycles. The van der Waals surface area contributed by atoms with Crippen LogP contribution in [-0.4, -0.2) is 31.0 Å². The maximum absolute atomic E-state index is 15.0. The SMILES string of the molecule is Cc1cn(-c2cc(F)c3n(c2=O)C[C@@H](C)N(Cc2cc(C(F)(F)F)cc(C(F)(F)F)c2)C3=O)cn1. The van der Waals surface area contributed by atoms with E-state index in [-0.39, 0.29) is 18.3 Å².